The van der Waals surface area contributed by atoms with Crippen LogP contribution in [0.1, 0.15) is 15.9 Å². The first kappa shape index (κ1) is 25.0. The van der Waals surface area contributed by atoms with Crippen molar-refractivity contribution < 1.29 is 18.0 Å². The lowest BCUT2D eigenvalue weighted by Crippen LogP contribution is -2.38. The van der Waals surface area contributed by atoms with E-state index in [1.54, 1.807) is 61.5 Å². The number of carbonyl (C=O) groups is 2. The fourth-order valence-electron chi connectivity index (χ4n) is 3.25. The molecule has 0 radical (unpaired) electrons. The van der Waals surface area contributed by atoms with Gasteiger partial charge in [0.05, 0.1) is 21.8 Å². The molecule has 0 atom stereocenters. The normalized spacial score (nSPS) is 10.9. The van der Waals surface area contributed by atoms with Gasteiger partial charge in [0.25, 0.3) is 15.9 Å². The SMILES string of the molecule is C=CCNC(=O)c1ccccc1NC(=O)CN(c1ccccc1C)S(=O)(=O)c1ccc(Cl)cc1. The molecule has 3 rings (SSSR count). The molecule has 2 amide bonds. The molecule has 34 heavy (non-hydrogen) atoms. The monoisotopic (exact) mass is 497 g/mol. The van der Waals surface area contributed by atoms with Crippen molar-refractivity contribution >= 4 is 44.8 Å². The lowest BCUT2D eigenvalue weighted by atomic mass is 10.1. The molecule has 0 bridgehead atoms. The maximum atomic E-state index is 13.5. The van der Waals surface area contributed by atoms with Gasteiger partial charge in [0.2, 0.25) is 5.91 Å². The number of aryl methyl sites for hydroxylation is 1. The summed E-state index contributed by atoms with van der Waals surface area (Å²) in [6.07, 6.45) is 1.54. The van der Waals surface area contributed by atoms with Crippen LogP contribution < -0.4 is 14.9 Å². The van der Waals surface area contributed by atoms with E-state index in [1.165, 1.54) is 24.3 Å². The maximum Gasteiger partial charge on any atom is 0.264 e. The molecule has 2 N–H and O–H groups in total. The van der Waals surface area contributed by atoms with Gasteiger partial charge in [0.15, 0.2) is 0 Å². The fourth-order valence-corrected chi connectivity index (χ4v) is 4.86. The molecule has 7 nitrogen and oxygen atoms in total. The Labute approximate surface area is 204 Å². The third-order valence-electron chi connectivity index (χ3n) is 4.93. The Morgan fingerprint density at radius 3 is 2.32 bits per heavy atom. The van der Waals surface area contributed by atoms with Crippen molar-refractivity contribution in [2.45, 2.75) is 11.8 Å². The number of amides is 2. The van der Waals surface area contributed by atoms with E-state index in [2.05, 4.69) is 17.2 Å². The Morgan fingerprint density at radius 2 is 1.65 bits per heavy atom. The lowest BCUT2D eigenvalue weighted by molar-refractivity contribution is -0.114. The van der Waals surface area contributed by atoms with Crippen LogP contribution in [0.15, 0.2) is 90.3 Å². The summed E-state index contributed by atoms with van der Waals surface area (Å²) in [5.74, 6) is -0.995. The van der Waals surface area contributed by atoms with Gasteiger partial charge in [-0.3, -0.25) is 13.9 Å². The first-order chi connectivity index (χ1) is 16.2. The van der Waals surface area contributed by atoms with E-state index in [0.717, 1.165) is 4.31 Å². The molecule has 176 valence electrons. The highest BCUT2D eigenvalue weighted by atomic mass is 35.5. The van der Waals surface area contributed by atoms with Crippen molar-refractivity contribution in [3.63, 3.8) is 0 Å². The van der Waals surface area contributed by atoms with Crippen molar-refractivity contribution in [1.82, 2.24) is 5.32 Å². The molecule has 0 saturated carbocycles. The van der Waals surface area contributed by atoms with E-state index in [0.29, 0.717) is 16.3 Å². The van der Waals surface area contributed by atoms with Gasteiger partial charge in [0.1, 0.15) is 6.54 Å². The minimum atomic E-state index is -4.10. The van der Waals surface area contributed by atoms with Gasteiger partial charge < -0.3 is 10.6 Å². The average molecular weight is 498 g/mol. The molecule has 0 fully saturated rings. The number of halogens is 1. The molecule has 0 spiro atoms. The predicted molar refractivity (Wildman–Crippen MR) is 135 cm³/mol. The second-order valence-electron chi connectivity index (χ2n) is 7.34. The molecule has 0 unspecified atom stereocenters. The number of rotatable bonds is 9. The molecule has 3 aromatic rings. The van der Waals surface area contributed by atoms with Crippen LogP contribution in [0, 0.1) is 6.92 Å². The van der Waals surface area contributed by atoms with Gasteiger partial charge in [0, 0.05) is 11.6 Å². The number of para-hydroxylation sites is 2. The van der Waals surface area contributed by atoms with Crippen LogP contribution in [0.5, 0.6) is 0 Å². The molecular weight excluding hydrogens is 474 g/mol. The molecule has 0 aliphatic carbocycles. The number of hydrogen-bond acceptors (Lipinski definition) is 4. The summed E-state index contributed by atoms with van der Waals surface area (Å²) in [5.41, 5.74) is 1.56. The molecular formula is C25H24ClN3O4S. The highest BCUT2D eigenvalue weighted by Crippen LogP contribution is 2.27. The van der Waals surface area contributed by atoms with Crippen molar-refractivity contribution in [3.05, 3.63) is 102 Å². The summed E-state index contributed by atoms with van der Waals surface area (Å²) >= 11 is 5.92. The molecule has 9 heteroatoms. The summed E-state index contributed by atoms with van der Waals surface area (Å²) in [7, 11) is -4.10. The van der Waals surface area contributed by atoms with Crippen molar-refractivity contribution in [1.29, 1.82) is 0 Å². The topological polar surface area (TPSA) is 95.6 Å². The third kappa shape index (κ3) is 5.84. The van der Waals surface area contributed by atoms with Gasteiger partial charge in [-0.2, -0.15) is 0 Å². The van der Waals surface area contributed by atoms with E-state index in [4.69, 9.17) is 11.6 Å². The Bertz CT molecular complexity index is 1310. The van der Waals surface area contributed by atoms with Crippen LogP contribution in [0.4, 0.5) is 11.4 Å². The van der Waals surface area contributed by atoms with E-state index in [-0.39, 0.29) is 28.6 Å². The molecule has 0 aromatic heterocycles. The molecule has 0 heterocycles. The zero-order valence-electron chi connectivity index (χ0n) is 18.5. The quantitative estimate of drug-likeness (QED) is 0.428. The number of nitrogens with zero attached hydrogens (tertiary/aromatic N) is 1. The Kier molecular flexibility index (Phi) is 8.09. The fraction of sp³-hybridized carbons (Fsp3) is 0.120. The van der Waals surface area contributed by atoms with Crippen LogP contribution in [-0.4, -0.2) is 33.3 Å². The number of carbonyl (C=O) groups excluding carboxylic acids is 2. The summed E-state index contributed by atoms with van der Waals surface area (Å²) < 4.78 is 28.1. The standard InChI is InChI=1S/C25H24ClN3O4S/c1-3-16-27-25(31)21-9-5-6-10-22(21)28-24(30)17-29(23-11-7-4-8-18(23)2)34(32,33)20-14-12-19(26)13-15-20/h3-15H,1,16-17H2,2H3,(H,27,31)(H,28,30). The van der Waals surface area contributed by atoms with Crippen LogP contribution in [0.25, 0.3) is 0 Å². The summed E-state index contributed by atoms with van der Waals surface area (Å²) in [4.78, 5) is 25.5. The number of benzene rings is 3. The van der Waals surface area contributed by atoms with Crippen LogP contribution in [-0.2, 0) is 14.8 Å². The minimum Gasteiger partial charge on any atom is -0.349 e. The smallest absolute Gasteiger partial charge is 0.264 e. The van der Waals surface area contributed by atoms with Crippen molar-refractivity contribution in [2.24, 2.45) is 0 Å². The first-order valence-electron chi connectivity index (χ1n) is 10.4. The highest BCUT2D eigenvalue weighted by molar-refractivity contribution is 7.92. The van der Waals surface area contributed by atoms with E-state index >= 15 is 0 Å². The van der Waals surface area contributed by atoms with E-state index < -0.39 is 22.5 Å². The highest BCUT2D eigenvalue weighted by Gasteiger charge is 2.28. The maximum absolute atomic E-state index is 13.5. The van der Waals surface area contributed by atoms with Gasteiger partial charge >= 0.3 is 0 Å². The van der Waals surface area contributed by atoms with Crippen LogP contribution in [0.3, 0.4) is 0 Å². The Balaban J connectivity index is 1.93. The molecule has 0 aliphatic heterocycles. The van der Waals surface area contributed by atoms with E-state index in [9.17, 15) is 18.0 Å². The number of nitrogens with one attached hydrogen (secondary N) is 2. The average Bonchev–Trinajstić information content (AvgIpc) is 2.82. The Hall–Kier alpha value is -3.62. The zero-order valence-corrected chi connectivity index (χ0v) is 20.1. The summed E-state index contributed by atoms with van der Waals surface area (Å²) in [5, 5.41) is 5.72. The molecule has 0 aliphatic rings. The van der Waals surface area contributed by atoms with Gasteiger partial charge in [-0.15, -0.1) is 6.58 Å². The summed E-state index contributed by atoms with van der Waals surface area (Å²) in [6.45, 7) is 5.09. The minimum absolute atomic E-state index is 0.00263. The number of hydrogen-bond donors (Lipinski definition) is 2. The molecule has 0 saturated heterocycles. The largest absolute Gasteiger partial charge is 0.349 e. The van der Waals surface area contributed by atoms with Crippen LogP contribution >= 0.6 is 11.6 Å². The molecule has 3 aromatic carbocycles. The third-order valence-corrected chi connectivity index (χ3v) is 6.95. The van der Waals surface area contributed by atoms with Crippen LogP contribution in [0.2, 0.25) is 5.02 Å². The van der Waals surface area contributed by atoms with Crippen molar-refractivity contribution in [2.75, 3.05) is 22.7 Å². The van der Waals surface area contributed by atoms with Gasteiger partial charge in [-0.1, -0.05) is 48.0 Å². The van der Waals surface area contributed by atoms with Gasteiger partial charge in [-0.05, 0) is 55.0 Å². The second kappa shape index (κ2) is 11.0. The zero-order chi connectivity index (χ0) is 24.7. The first-order valence-corrected chi connectivity index (χ1v) is 12.2. The number of anilines is 2. The predicted octanol–water partition coefficient (Wildman–Crippen LogP) is 4.40. The summed E-state index contributed by atoms with van der Waals surface area (Å²) in [6, 6.07) is 19.1. The van der Waals surface area contributed by atoms with E-state index in [1.807, 2.05) is 0 Å². The second-order valence-corrected chi connectivity index (χ2v) is 9.64. The van der Waals surface area contributed by atoms with Gasteiger partial charge in [-0.25, -0.2) is 8.42 Å². The lowest BCUT2D eigenvalue weighted by Gasteiger charge is -2.25. The van der Waals surface area contributed by atoms with Crippen molar-refractivity contribution in [3.8, 4) is 0 Å². The number of sulfonamides is 1. The Morgan fingerprint density at radius 1 is 1.00 bits per heavy atom.